The number of tetrazole rings is 1. The number of nitrogens with one attached hydrogen (secondary N) is 2. The number of H-pyrrole nitrogens is 1. The van der Waals surface area contributed by atoms with E-state index in [0.717, 1.165) is 19.3 Å². The van der Waals surface area contributed by atoms with Gasteiger partial charge in [-0.1, -0.05) is 5.21 Å². The van der Waals surface area contributed by atoms with Gasteiger partial charge in [-0.2, -0.15) is 20.3 Å². The van der Waals surface area contributed by atoms with Crippen LogP contribution in [0.25, 0.3) is 11.0 Å². The Morgan fingerprint density at radius 3 is 2.70 bits per heavy atom. The minimum Gasteiger partial charge on any atom is -0.393 e. The third kappa shape index (κ3) is 4.94. The number of nitrogens with zero attached hydrogens (tertiary/aromatic N) is 7. The predicted molar refractivity (Wildman–Crippen MR) is 123 cm³/mol. The largest absolute Gasteiger partial charge is 0.393 e. The molecule has 5 atom stereocenters. The number of aromatic amines is 1. The molecule has 3 aromatic heterocycles. The van der Waals surface area contributed by atoms with Crippen LogP contribution < -0.4 is 5.32 Å². The standard InChI is InChI=1S/C18H25ClN9O8P/c19-17-22-14(21-8-2-1-3-8)9-5-20-28(15(9)23-17)16-13(31)12(30)10(36-16)6-35-18(7-29,37(32,33)34)4-11-24-26-27-25-11/h5,8,10,12-13,16,29-31H,1-4,6-7H2,(H,21,22,23)(H2,32,33,34)(H,24,25,26,27)/t10-,12-,13-,16-,18-/m1/s1. The summed E-state index contributed by atoms with van der Waals surface area (Å²) in [6.45, 7) is -1.71. The molecule has 0 spiro atoms. The second-order valence-corrected chi connectivity index (χ2v) is 11.2. The second-order valence-electron chi connectivity index (χ2n) is 8.95. The molecular weight excluding hydrogens is 537 g/mol. The number of ether oxygens (including phenoxy) is 2. The molecule has 37 heavy (non-hydrogen) atoms. The summed E-state index contributed by atoms with van der Waals surface area (Å²) < 4.78 is 24.7. The predicted octanol–water partition coefficient (Wildman–Crippen LogP) is -1.30. The van der Waals surface area contributed by atoms with E-state index in [0.29, 0.717) is 11.2 Å². The van der Waals surface area contributed by atoms with Gasteiger partial charge in [0.05, 0.1) is 31.2 Å². The van der Waals surface area contributed by atoms with E-state index in [1.807, 2.05) is 0 Å². The maximum absolute atomic E-state index is 12.2. The summed E-state index contributed by atoms with van der Waals surface area (Å²) in [5, 5.41) is 49.5. The summed E-state index contributed by atoms with van der Waals surface area (Å²) in [5.74, 6) is 0.365. The van der Waals surface area contributed by atoms with Crippen molar-refractivity contribution < 1.29 is 39.1 Å². The molecule has 0 amide bonds. The summed E-state index contributed by atoms with van der Waals surface area (Å²) in [7, 11) is -5.11. The molecule has 2 aliphatic rings. The first-order valence-corrected chi connectivity index (χ1v) is 13.3. The number of rotatable bonds is 10. The Bertz CT molecular complexity index is 1290. The highest BCUT2D eigenvalue weighted by atomic mass is 35.5. The van der Waals surface area contributed by atoms with Crippen LogP contribution in [0, 0.1) is 0 Å². The number of aromatic nitrogens is 8. The van der Waals surface area contributed by atoms with Crippen LogP contribution in [-0.2, 0) is 20.5 Å². The highest BCUT2D eigenvalue weighted by Gasteiger charge is 2.52. The Morgan fingerprint density at radius 2 is 2.08 bits per heavy atom. The topological polar surface area (TPSA) is 247 Å². The summed E-state index contributed by atoms with van der Waals surface area (Å²) in [5.41, 5.74) is 0.247. The minimum absolute atomic E-state index is 0.0557. The Hall–Kier alpha value is -2.34. The van der Waals surface area contributed by atoms with Gasteiger partial charge in [0.25, 0.3) is 0 Å². The summed E-state index contributed by atoms with van der Waals surface area (Å²) in [6, 6.07) is 0.252. The highest BCUT2D eigenvalue weighted by molar-refractivity contribution is 7.53. The lowest BCUT2D eigenvalue weighted by Gasteiger charge is -2.32. The van der Waals surface area contributed by atoms with Crippen molar-refractivity contribution in [3.8, 4) is 0 Å². The Labute approximate surface area is 213 Å². The fourth-order valence-electron chi connectivity index (χ4n) is 4.18. The molecule has 1 saturated heterocycles. The lowest BCUT2D eigenvalue weighted by Crippen LogP contribution is -2.43. The second kappa shape index (κ2) is 10.1. The maximum Gasteiger partial charge on any atom is 0.359 e. The van der Waals surface area contributed by atoms with Gasteiger partial charge in [-0.15, -0.1) is 10.2 Å². The molecule has 7 N–H and O–H groups in total. The van der Waals surface area contributed by atoms with E-state index in [-0.39, 0.29) is 22.8 Å². The Morgan fingerprint density at radius 1 is 1.30 bits per heavy atom. The van der Waals surface area contributed by atoms with Gasteiger partial charge in [-0.05, 0) is 30.9 Å². The van der Waals surface area contributed by atoms with E-state index < -0.39 is 57.1 Å². The number of aliphatic hydroxyl groups is 3. The maximum atomic E-state index is 12.2. The first-order chi connectivity index (χ1) is 17.6. The molecule has 5 rings (SSSR count). The summed E-state index contributed by atoms with van der Waals surface area (Å²) >= 11 is 6.12. The van der Waals surface area contributed by atoms with E-state index in [1.54, 1.807) is 0 Å². The van der Waals surface area contributed by atoms with Crippen LogP contribution in [-0.4, -0.2) is 108 Å². The third-order valence-electron chi connectivity index (χ3n) is 6.57. The van der Waals surface area contributed by atoms with Crippen molar-refractivity contribution in [3.05, 3.63) is 17.3 Å². The fraction of sp³-hybridized carbons (Fsp3) is 0.667. The number of hydrogen-bond donors (Lipinski definition) is 7. The first kappa shape index (κ1) is 26.3. The number of fused-ring (bicyclic) bond motifs is 1. The number of halogens is 1. The molecule has 1 aliphatic heterocycles. The molecular formula is C18H25ClN9O8P. The molecule has 4 heterocycles. The normalized spacial score (nSPS) is 26.3. The minimum atomic E-state index is -5.11. The van der Waals surface area contributed by atoms with Gasteiger partial charge < -0.3 is 39.9 Å². The molecule has 19 heteroatoms. The van der Waals surface area contributed by atoms with Gasteiger partial charge in [0, 0.05) is 6.04 Å². The molecule has 0 bridgehead atoms. The molecule has 0 aromatic carbocycles. The zero-order valence-electron chi connectivity index (χ0n) is 19.1. The van der Waals surface area contributed by atoms with E-state index in [4.69, 9.17) is 21.1 Å². The molecule has 1 aliphatic carbocycles. The zero-order valence-corrected chi connectivity index (χ0v) is 20.8. The smallest absolute Gasteiger partial charge is 0.359 e. The number of anilines is 1. The van der Waals surface area contributed by atoms with Crippen molar-refractivity contribution in [1.82, 2.24) is 40.4 Å². The zero-order chi connectivity index (χ0) is 26.4. The van der Waals surface area contributed by atoms with Crippen LogP contribution in [0.1, 0.15) is 31.3 Å². The van der Waals surface area contributed by atoms with Crippen LogP contribution in [0.15, 0.2) is 6.20 Å². The molecule has 3 aromatic rings. The van der Waals surface area contributed by atoms with E-state index in [9.17, 15) is 29.7 Å². The van der Waals surface area contributed by atoms with Crippen LogP contribution in [0.4, 0.5) is 5.82 Å². The molecule has 202 valence electrons. The third-order valence-corrected chi connectivity index (χ3v) is 8.23. The van der Waals surface area contributed by atoms with Crippen molar-refractivity contribution in [3.63, 3.8) is 0 Å². The molecule has 0 unspecified atom stereocenters. The highest BCUT2D eigenvalue weighted by Crippen LogP contribution is 2.53. The quantitative estimate of drug-likeness (QED) is 0.112. The SMILES string of the molecule is O=P(O)(O)[C@@](CO)(Cc1nn[nH]n1)OC[C@H]1O[C@@H](n2ncc3c(NC4CCC4)nc(Cl)nc32)[C@H](O)[C@@H]1O. The van der Waals surface area contributed by atoms with Crippen LogP contribution in [0.2, 0.25) is 5.28 Å². The lowest BCUT2D eigenvalue weighted by molar-refractivity contribution is -0.109. The van der Waals surface area contributed by atoms with Crippen molar-refractivity contribution in [2.45, 2.75) is 61.6 Å². The summed E-state index contributed by atoms with van der Waals surface area (Å²) in [6.07, 6.45) is -1.55. The lowest BCUT2D eigenvalue weighted by atomic mass is 9.93. The van der Waals surface area contributed by atoms with Gasteiger partial charge in [0.1, 0.15) is 24.1 Å². The fourth-order valence-corrected chi connectivity index (χ4v) is 5.12. The average Bonchev–Trinajstić information content (AvgIpc) is 3.54. The van der Waals surface area contributed by atoms with Crippen molar-refractivity contribution in [2.24, 2.45) is 0 Å². The van der Waals surface area contributed by atoms with E-state index in [2.05, 4.69) is 41.0 Å². The van der Waals surface area contributed by atoms with Gasteiger partial charge >= 0.3 is 7.60 Å². The monoisotopic (exact) mass is 561 g/mol. The van der Waals surface area contributed by atoms with Gasteiger partial charge in [-0.3, -0.25) is 4.57 Å². The Balaban J connectivity index is 1.36. The van der Waals surface area contributed by atoms with Crippen molar-refractivity contribution in [2.75, 3.05) is 18.5 Å². The van der Waals surface area contributed by atoms with Gasteiger partial charge in [-0.25, -0.2) is 4.68 Å². The first-order valence-electron chi connectivity index (χ1n) is 11.3. The van der Waals surface area contributed by atoms with Crippen LogP contribution in [0.3, 0.4) is 0 Å². The van der Waals surface area contributed by atoms with Crippen molar-refractivity contribution in [1.29, 1.82) is 0 Å². The molecule has 17 nitrogen and oxygen atoms in total. The van der Waals surface area contributed by atoms with E-state index in [1.165, 1.54) is 10.9 Å². The van der Waals surface area contributed by atoms with Crippen molar-refractivity contribution >= 4 is 36.0 Å². The Kier molecular flexibility index (Phi) is 7.16. The molecule has 1 saturated carbocycles. The van der Waals surface area contributed by atoms with Gasteiger partial charge in [0.15, 0.2) is 23.0 Å². The molecule has 2 fully saturated rings. The van der Waals surface area contributed by atoms with E-state index >= 15 is 0 Å². The van der Waals surface area contributed by atoms with Crippen LogP contribution >= 0.6 is 19.2 Å². The average molecular weight is 562 g/mol. The molecule has 0 radical (unpaired) electrons. The van der Waals surface area contributed by atoms with Gasteiger partial charge in [0.2, 0.25) is 5.28 Å². The summed E-state index contributed by atoms with van der Waals surface area (Å²) in [4.78, 5) is 28.3. The number of hydrogen-bond acceptors (Lipinski definition) is 13. The van der Waals surface area contributed by atoms with Crippen LogP contribution in [0.5, 0.6) is 0 Å². The number of aliphatic hydroxyl groups excluding tert-OH is 3.